The van der Waals surface area contributed by atoms with Crippen molar-refractivity contribution in [2.24, 2.45) is 0 Å². The number of carbonyl (C=O) groups is 2. The monoisotopic (exact) mass is 448 g/mol. The Bertz CT molecular complexity index is 1150. The summed E-state index contributed by atoms with van der Waals surface area (Å²) in [7, 11) is 0. The van der Waals surface area contributed by atoms with E-state index in [1.165, 1.54) is 12.8 Å². The molecule has 3 aromatic heterocycles. The Kier molecular flexibility index (Phi) is 6.16. The molecule has 3 N–H and O–H groups in total. The Hall–Kier alpha value is -3.53. The number of aromatic nitrogens is 4. The summed E-state index contributed by atoms with van der Waals surface area (Å²) in [6, 6.07) is 5.61. The number of rotatable bonds is 6. The summed E-state index contributed by atoms with van der Waals surface area (Å²) in [5.41, 5.74) is 3.32. The van der Waals surface area contributed by atoms with Crippen molar-refractivity contribution < 1.29 is 9.59 Å². The summed E-state index contributed by atoms with van der Waals surface area (Å²) in [6.07, 6.45) is 9.99. The lowest BCUT2D eigenvalue weighted by molar-refractivity contribution is -0.124. The quantitative estimate of drug-likeness (QED) is 0.531. The van der Waals surface area contributed by atoms with Crippen LogP contribution in [0.2, 0.25) is 0 Å². The van der Waals surface area contributed by atoms with Crippen LogP contribution in [0, 0.1) is 0 Å². The molecule has 3 amide bonds. The molecule has 1 saturated carbocycles. The standard InChI is InChI=1S/C23H28N8O2/c32-22-15-30(8-7-24-22)9-10-31-14-17(13-26-31)16-11-20-19(25-12-16)5-6-21(28-20)29-23(33)27-18-3-1-2-4-18/h5-6,11-14,18H,1-4,7-10,15H2,(H,24,32)(H2,27,28,29,33). The maximum Gasteiger partial charge on any atom is 0.320 e. The Morgan fingerprint density at radius 2 is 2.00 bits per heavy atom. The van der Waals surface area contributed by atoms with Crippen molar-refractivity contribution in [1.82, 2.24) is 35.3 Å². The van der Waals surface area contributed by atoms with E-state index in [1.807, 2.05) is 29.2 Å². The topological polar surface area (TPSA) is 117 Å². The third kappa shape index (κ3) is 5.28. The second kappa shape index (κ2) is 9.53. The van der Waals surface area contributed by atoms with Gasteiger partial charge in [0.2, 0.25) is 5.91 Å². The van der Waals surface area contributed by atoms with E-state index >= 15 is 0 Å². The van der Waals surface area contributed by atoms with Crippen molar-refractivity contribution in [2.75, 3.05) is 31.5 Å². The van der Waals surface area contributed by atoms with Gasteiger partial charge >= 0.3 is 6.03 Å². The van der Waals surface area contributed by atoms with Crippen molar-refractivity contribution in [1.29, 1.82) is 0 Å². The van der Waals surface area contributed by atoms with Crippen molar-refractivity contribution in [3.63, 3.8) is 0 Å². The van der Waals surface area contributed by atoms with Gasteiger partial charge in [-0.2, -0.15) is 5.10 Å². The first-order valence-electron chi connectivity index (χ1n) is 11.5. The molecule has 172 valence electrons. The minimum Gasteiger partial charge on any atom is -0.354 e. The number of nitrogens with zero attached hydrogens (tertiary/aromatic N) is 5. The van der Waals surface area contributed by atoms with Gasteiger partial charge in [0.05, 0.1) is 30.3 Å². The van der Waals surface area contributed by atoms with Gasteiger partial charge in [-0.25, -0.2) is 9.78 Å². The highest BCUT2D eigenvalue weighted by Crippen LogP contribution is 2.23. The fourth-order valence-electron chi connectivity index (χ4n) is 4.40. The van der Waals surface area contributed by atoms with Crippen LogP contribution in [0.3, 0.4) is 0 Å². The van der Waals surface area contributed by atoms with Crippen LogP contribution in [-0.2, 0) is 11.3 Å². The van der Waals surface area contributed by atoms with Gasteiger partial charge in [0.1, 0.15) is 5.82 Å². The molecule has 1 aliphatic heterocycles. The van der Waals surface area contributed by atoms with Crippen LogP contribution in [0.25, 0.3) is 22.2 Å². The zero-order valence-electron chi connectivity index (χ0n) is 18.5. The lowest BCUT2D eigenvalue weighted by Gasteiger charge is -2.26. The third-order valence-electron chi connectivity index (χ3n) is 6.20. The molecule has 2 fully saturated rings. The molecule has 0 spiro atoms. The van der Waals surface area contributed by atoms with E-state index in [4.69, 9.17) is 0 Å². The fourth-order valence-corrected chi connectivity index (χ4v) is 4.40. The number of urea groups is 1. The number of fused-ring (bicyclic) bond motifs is 1. The molecule has 4 heterocycles. The van der Waals surface area contributed by atoms with E-state index in [2.05, 4.69) is 35.9 Å². The lowest BCUT2D eigenvalue weighted by Crippen LogP contribution is -2.48. The Morgan fingerprint density at radius 1 is 1.12 bits per heavy atom. The average molecular weight is 449 g/mol. The molecule has 33 heavy (non-hydrogen) atoms. The van der Waals surface area contributed by atoms with Crippen LogP contribution < -0.4 is 16.0 Å². The van der Waals surface area contributed by atoms with E-state index in [0.717, 1.165) is 42.6 Å². The molecule has 1 aliphatic carbocycles. The van der Waals surface area contributed by atoms with Gasteiger partial charge in [-0.3, -0.25) is 24.7 Å². The summed E-state index contributed by atoms with van der Waals surface area (Å²) < 4.78 is 1.88. The molecule has 2 aliphatic rings. The predicted octanol–water partition coefficient (Wildman–Crippen LogP) is 1.99. The molecule has 0 radical (unpaired) electrons. The van der Waals surface area contributed by atoms with E-state index in [-0.39, 0.29) is 18.0 Å². The van der Waals surface area contributed by atoms with E-state index in [0.29, 0.717) is 31.0 Å². The fraction of sp³-hybridized carbons (Fsp3) is 0.435. The van der Waals surface area contributed by atoms with Crippen molar-refractivity contribution in [3.8, 4) is 11.1 Å². The number of anilines is 1. The van der Waals surface area contributed by atoms with Gasteiger partial charge in [0.15, 0.2) is 0 Å². The van der Waals surface area contributed by atoms with Crippen LogP contribution in [0.4, 0.5) is 10.6 Å². The molecule has 0 atom stereocenters. The number of nitrogens with one attached hydrogen (secondary N) is 3. The Balaban J connectivity index is 1.24. The number of carbonyl (C=O) groups excluding carboxylic acids is 2. The normalized spacial score (nSPS) is 17.3. The molecular weight excluding hydrogens is 420 g/mol. The van der Waals surface area contributed by atoms with E-state index in [1.54, 1.807) is 12.3 Å². The minimum absolute atomic E-state index is 0.0713. The first-order chi connectivity index (χ1) is 16.1. The molecule has 10 heteroatoms. The molecular formula is C23H28N8O2. The molecule has 10 nitrogen and oxygen atoms in total. The zero-order chi connectivity index (χ0) is 22.6. The molecule has 5 rings (SSSR count). The third-order valence-corrected chi connectivity index (χ3v) is 6.20. The minimum atomic E-state index is -0.217. The number of piperazine rings is 1. The van der Waals surface area contributed by atoms with Gasteiger partial charge in [-0.05, 0) is 31.0 Å². The summed E-state index contributed by atoms with van der Waals surface area (Å²) in [5.74, 6) is 0.570. The van der Waals surface area contributed by atoms with Crippen molar-refractivity contribution >= 4 is 28.8 Å². The second-order valence-electron chi connectivity index (χ2n) is 8.66. The average Bonchev–Trinajstić information content (AvgIpc) is 3.49. The lowest BCUT2D eigenvalue weighted by atomic mass is 10.1. The van der Waals surface area contributed by atoms with Crippen LogP contribution in [0.5, 0.6) is 0 Å². The van der Waals surface area contributed by atoms with Crippen LogP contribution in [0.1, 0.15) is 25.7 Å². The summed E-state index contributed by atoms with van der Waals surface area (Å²) in [5, 5.41) is 13.1. The molecule has 0 aromatic carbocycles. The van der Waals surface area contributed by atoms with E-state index < -0.39 is 0 Å². The van der Waals surface area contributed by atoms with Gasteiger partial charge < -0.3 is 10.6 Å². The first kappa shape index (κ1) is 21.3. The van der Waals surface area contributed by atoms with Crippen LogP contribution in [0.15, 0.2) is 36.8 Å². The maximum atomic E-state index is 12.3. The predicted molar refractivity (Wildman–Crippen MR) is 125 cm³/mol. The smallest absolute Gasteiger partial charge is 0.320 e. The van der Waals surface area contributed by atoms with Crippen LogP contribution >= 0.6 is 0 Å². The molecule has 3 aromatic rings. The van der Waals surface area contributed by atoms with Crippen molar-refractivity contribution in [3.05, 3.63) is 36.8 Å². The summed E-state index contributed by atoms with van der Waals surface area (Å²) >= 11 is 0. The highest BCUT2D eigenvalue weighted by molar-refractivity contribution is 5.90. The van der Waals surface area contributed by atoms with Gasteiger partial charge in [0.25, 0.3) is 0 Å². The summed E-state index contributed by atoms with van der Waals surface area (Å²) in [4.78, 5) is 35.0. The number of amides is 3. The maximum absolute atomic E-state index is 12.3. The highest BCUT2D eigenvalue weighted by Gasteiger charge is 2.18. The second-order valence-corrected chi connectivity index (χ2v) is 8.66. The highest BCUT2D eigenvalue weighted by atomic mass is 16.2. The zero-order valence-corrected chi connectivity index (χ0v) is 18.5. The van der Waals surface area contributed by atoms with Crippen LogP contribution in [-0.4, -0.2) is 68.8 Å². The SMILES string of the molecule is O=C1CN(CCn2cc(-c3cnc4ccc(NC(=O)NC5CCCC5)nc4c3)cn2)CCN1. The van der Waals surface area contributed by atoms with Crippen molar-refractivity contribution in [2.45, 2.75) is 38.3 Å². The van der Waals surface area contributed by atoms with E-state index in [9.17, 15) is 9.59 Å². The van der Waals surface area contributed by atoms with Gasteiger partial charge in [-0.1, -0.05) is 12.8 Å². The molecule has 0 bridgehead atoms. The summed E-state index contributed by atoms with van der Waals surface area (Å²) in [6.45, 7) is 3.46. The number of pyridine rings is 2. The molecule has 1 saturated heterocycles. The number of hydrogen-bond acceptors (Lipinski definition) is 6. The largest absolute Gasteiger partial charge is 0.354 e. The van der Waals surface area contributed by atoms with Gasteiger partial charge in [-0.15, -0.1) is 0 Å². The number of hydrogen-bond donors (Lipinski definition) is 3. The Labute approximate surface area is 191 Å². The van der Waals surface area contributed by atoms with Gasteiger partial charge in [0, 0.05) is 49.2 Å². The Morgan fingerprint density at radius 3 is 2.85 bits per heavy atom. The first-order valence-corrected chi connectivity index (χ1v) is 11.5. The molecule has 0 unspecified atom stereocenters.